The Morgan fingerprint density at radius 3 is 1.78 bits per heavy atom. The first-order valence-electron chi connectivity index (χ1n) is 11.1. The van der Waals surface area contributed by atoms with Gasteiger partial charge in [-0.1, -0.05) is 36.4 Å². The third kappa shape index (κ3) is 3.24. The first-order chi connectivity index (χ1) is 17.3. The molecule has 0 saturated heterocycles. The number of carbonyl (C=O) groups excluding carboxylic acids is 3. The molecule has 0 saturated carbocycles. The Balaban J connectivity index is 1.43. The number of aliphatic imine (C=N–C) groups is 1. The van der Waals surface area contributed by atoms with Crippen molar-refractivity contribution in [2.24, 2.45) is 16.5 Å². The van der Waals surface area contributed by atoms with Crippen LogP contribution in [0.1, 0.15) is 42.2 Å². The molecule has 0 radical (unpaired) electrons. The second kappa shape index (κ2) is 7.64. The van der Waals surface area contributed by atoms with E-state index in [1.54, 1.807) is 48.5 Å². The summed E-state index contributed by atoms with van der Waals surface area (Å²) < 4.78 is 0. The Morgan fingerprint density at radius 2 is 1.19 bits per heavy atom. The molecule has 5 aromatic rings. The number of aromatic nitrogens is 1. The second-order valence-electron chi connectivity index (χ2n) is 8.65. The molecule has 8 nitrogen and oxygen atoms in total. The Morgan fingerprint density at radius 1 is 0.694 bits per heavy atom. The molecule has 0 unspecified atom stereocenters. The number of primary amides is 2. The van der Waals surface area contributed by atoms with E-state index in [1.807, 2.05) is 24.3 Å². The van der Waals surface area contributed by atoms with E-state index in [2.05, 4.69) is 9.98 Å². The molecule has 0 atom stereocenters. The van der Waals surface area contributed by atoms with E-state index in [-0.39, 0.29) is 5.88 Å². The van der Waals surface area contributed by atoms with E-state index >= 15 is 0 Å². The summed E-state index contributed by atoms with van der Waals surface area (Å²) in [6, 6.07) is 21.2. The SMILES string of the molecule is NC(=O)c1ccc2cc(C3=NC(=O)c4c(-c5ccc6cc(C(N)=O)ccc6c5)[nH]c(O)c43)ccc2c1. The fourth-order valence-corrected chi connectivity index (χ4v) is 4.67. The summed E-state index contributed by atoms with van der Waals surface area (Å²) in [6.07, 6.45) is 0. The molecular formula is C28H18N4O4. The minimum absolute atomic E-state index is 0.155. The highest BCUT2D eigenvalue weighted by atomic mass is 16.3. The van der Waals surface area contributed by atoms with Gasteiger partial charge >= 0.3 is 0 Å². The molecule has 1 aromatic heterocycles. The highest BCUT2D eigenvalue weighted by molar-refractivity contribution is 6.31. The monoisotopic (exact) mass is 474 g/mol. The van der Waals surface area contributed by atoms with Gasteiger partial charge < -0.3 is 21.6 Å². The predicted octanol–water partition coefficient (Wildman–Crippen LogP) is 3.88. The van der Waals surface area contributed by atoms with Gasteiger partial charge in [0.15, 0.2) is 5.88 Å². The summed E-state index contributed by atoms with van der Waals surface area (Å²) in [5.41, 5.74) is 14.4. The summed E-state index contributed by atoms with van der Waals surface area (Å²) in [5, 5.41) is 14.1. The third-order valence-electron chi connectivity index (χ3n) is 6.46. The van der Waals surface area contributed by atoms with E-state index in [1.165, 1.54) is 0 Å². The van der Waals surface area contributed by atoms with Crippen molar-refractivity contribution in [3.63, 3.8) is 0 Å². The number of nitrogens with two attached hydrogens (primary N) is 2. The molecule has 6 N–H and O–H groups in total. The maximum Gasteiger partial charge on any atom is 0.280 e. The zero-order valence-corrected chi connectivity index (χ0v) is 18.7. The van der Waals surface area contributed by atoms with E-state index < -0.39 is 17.7 Å². The van der Waals surface area contributed by atoms with Crippen LogP contribution in [0.2, 0.25) is 0 Å². The van der Waals surface area contributed by atoms with Crippen LogP contribution in [-0.4, -0.2) is 33.5 Å². The molecule has 6 rings (SSSR count). The molecule has 4 aromatic carbocycles. The molecule has 36 heavy (non-hydrogen) atoms. The van der Waals surface area contributed by atoms with E-state index in [9.17, 15) is 19.5 Å². The van der Waals surface area contributed by atoms with Crippen molar-refractivity contribution in [3.8, 4) is 17.1 Å². The van der Waals surface area contributed by atoms with Crippen LogP contribution in [-0.2, 0) is 0 Å². The Labute approximate surface area is 203 Å². The normalized spacial score (nSPS) is 12.7. The Bertz CT molecular complexity index is 1830. The number of carbonyl (C=O) groups is 3. The number of H-pyrrole nitrogens is 1. The fraction of sp³-hybridized carbons (Fsp3) is 0. The van der Waals surface area contributed by atoms with Gasteiger partial charge in [0.25, 0.3) is 5.91 Å². The van der Waals surface area contributed by atoms with Gasteiger partial charge in [0.05, 0.1) is 22.5 Å². The summed E-state index contributed by atoms with van der Waals surface area (Å²) in [6.45, 7) is 0. The van der Waals surface area contributed by atoms with Crippen LogP contribution in [0.15, 0.2) is 77.8 Å². The second-order valence-corrected chi connectivity index (χ2v) is 8.65. The summed E-state index contributed by atoms with van der Waals surface area (Å²) in [4.78, 5) is 43.2. The lowest BCUT2D eigenvalue weighted by molar-refractivity contribution is 0.0992. The smallest absolute Gasteiger partial charge is 0.280 e. The number of fused-ring (bicyclic) bond motifs is 3. The first-order valence-corrected chi connectivity index (χ1v) is 11.1. The average molecular weight is 474 g/mol. The van der Waals surface area contributed by atoms with Crippen molar-refractivity contribution in [1.29, 1.82) is 0 Å². The van der Waals surface area contributed by atoms with Gasteiger partial charge in [-0.3, -0.25) is 14.4 Å². The lowest BCUT2D eigenvalue weighted by atomic mass is 9.96. The van der Waals surface area contributed by atoms with Gasteiger partial charge in [-0.25, -0.2) is 4.99 Å². The van der Waals surface area contributed by atoms with Crippen molar-refractivity contribution < 1.29 is 19.5 Å². The molecule has 0 fully saturated rings. The number of aromatic amines is 1. The largest absolute Gasteiger partial charge is 0.494 e. The Kier molecular flexibility index (Phi) is 4.52. The average Bonchev–Trinajstić information content (AvgIpc) is 3.40. The molecule has 0 bridgehead atoms. The quantitative estimate of drug-likeness (QED) is 0.312. The number of nitrogens with one attached hydrogen (secondary N) is 1. The molecule has 0 spiro atoms. The number of aromatic hydroxyl groups is 1. The van der Waals surface area contributed by atoms with E-state index in [4.69, 9.17) is 11.5 Å². The minimum Gasteiger partial charge on any atom is -0.494 e. The van der Waals surface area contributed by atoms with Crippen molar-refractivity contribution in [2.45, 2.75) is 0 Å². The van der Waals surface area contributed by atoms with Crippen LogP contribution < -0.4 is 11.5 Å². The van der Waals surface area contributed by atoms with Gasteiger partial charge in [0, 0.05) is 16.7 Å². The van der Waals surface area contributed by atoms with Crippen LogP contribution in [0.4, 0.5) is 0 Å². The predicted molar refractivity (Wildman–Crippen MR) is 136 cm³/mol. The lowest BCUT2D eigenvalue weighted by Gasteiger charge is -2.05. The van der Waals surface area contributed by atoms with E-state index in [0.717, 1.165) is 21.5 Å². The molecule has 8 heteroatoms. The van der Waals surface area contributed by atoms with Crippen molar-refractivity contribution in [3.05, 3.63) is 101 Å². The van der Waals surface area contributed by atoms with Gasteiger partial charge in [-0.2, -0.15) is 0 Å². The van der Waals surface area contributed by atoms with Gasteiger partial charge in [-0.05, 0) is 63.5 Å². The van der Waals surface area contributed by atoms with E-state index in [0.29, 0.717) is 44.8 Å². The van der Waals surface area contributed by atoms with Crippen LogP contribution in [0.3, 0.4) is 0 Å². The molecule has 1 aliphatic rings. The maximum atomic E-state index is 13.0. The molecule has 1 aliphatic heterocycles. The summed E-state index contributed by atoms with van der Waals surface area (Å²) >= 11 is 0. The standard InChI is InChI=1S/C28H18N4O4/c29-25(33)19-7-3-13-9-17(5-1-15(13)11-19)23-21-22(28(36)31-23)24(32-27(21)35)18-6-2-16-12-20(26(30)34)8-4-14(16)10-18/h1-12,31,36H,(H2,29,33)(H2,30,34). The topological polar surface area (TPSA) is 152 Å². The van der Waals surface area contributed by atoms with Crippen LogP contribution >= 0.6 is 0 Å². The van der Waals surface area contributed by atoms with Crippen molar-refractivity contribution >= 4 is 45.0 Å². The third-order valence-corrected chi connectivity index (χ3v) is 6.46. The summed E-state index contributed by atoms with van der Waals surface area (Å²) in [5.74, 6) is -1.63. The minimum atomic E-state index is -0.511. The lowest BCUT2D eigenvalue weighted by Crippen LogP contribution is -2.10. The fourth-order valence-electron chi connectivity index (χ4n) is 4.67. The molecular weight excluding hydrogens is 456 g/mol. The molecule has 2 heterocycles. The zero-order chi connectivity index (χ0) is 25.1. The van der Waals surface area contributed by atoms with Gasteiger partial charge in [0.2, 0.25) is 11.8 Å². The highest BCUT2D eigenvalue weighted by Gasteiger charge is 2.33. The van der Waals surface area contributed by atoms with Crippen molar-refractivity contribution in [1.82, 2.24) is 4.98 Å². The van der Waals surface area contributed by atoms with Gasteiger partial charge in [-0.15, -0.1) is 0 Å². The van der Waals surface area contributed by atoms with Crippen LogP contribution in [0, 0.1) is 0 Å². The first kappa shape index (κ1) is 21.3. The van der Waals surface area contributed by atoms with Gasteiger partial charge in [0.1, 0.15) is 0 Å². The number of nitrogens with zero attached hydrogens (tertiary/aromatic N) is 1. The number of hydrogen-bond donors (Lipinski definition) is 4. The Hall–Kier alpha value is -5.24. The maximum absolute atomic E-state index is 13.0. The number of amides is 3. The summed E-state index contributed by atoms with van der Waals surface area (Å²) in [7, 11) is 0. The molecule has 3 amide bonds. The number of hydrogen-bond acceptors (Lipinski definition) is 4. The van der Waals surface area contributed by atoms with Crippen LogP contribution in [0.5, 0.6) is 5.88 Å². The van der Waals surface area contributed by atoms with Crippen LogP contribution in [0.25, 0.3) is 32.8 Å². The number of rotatable bonds is 4. The van der Waals surface area contributed by atoms with Crippen molar-refractivity contribution in [2.75, 3.05) is 0 Å². The highest BCUT2D eigenvalue weighted by Crippen LogP contribution is 2.39. The number of benzene rings is 4. The zero-order valence-electron chi connectivity index (χ0n) is 18.7. The molecule has 174 valence electrons. The molecule has 0 aliphatic carbocycles.